The second-order valence-electron chi connectivity index (χ2n) is 14.9. The minimum atomic E-state index is -0.925. The molecule has 0 bridgehead atoms. The number of rotatable bonds is 39. The number of unbranched alkanes of at least 4 members (excludes halogenated alkanes) is 15. The van der Waals surface area contributed by atoms with Gasteiger partial charge in [0.05, 0.1) is 0 Å². The average Bonchev–Trinajstić information content (AvgIpc) is 3.22. The Kier molecular flexibility index (Phi) is 64.8. The number of hydrogen-bond acceptors (Lipinski definition) is 6. The minimum Gasteiger partial charge on any atom is -0.550 e. The number of aliphatic carboxylic acids is 3. The summed E-state index contributed by atoms with van der Waals surface area (Å²) in [4.78, 5) is 30.6. The third-order valence-corrected chi connectivity index (χ3v) is 9.10. The van der Waals surface area contributed by atoms with Crippen molar-refractivity contribution in [3.8, 4) is 0 Å². The topological polar surface area (TPSA) is 120 Å². The first-order valence-electron chi connectivity index (χ1n) is 23.8. The zero-order valence-corrected chi connectivity index (χ0v) is 42.5. The molecule has 0 aromatic rings. The fourth-order valence-electron chi connectivity index (χ4n) is 5.67. The Morgan fingerprint density at radius 3 is 0.672 bits per heavy atom. The maximum Gasteiger partial charge on any atom is 3.00 e. The molecule has 6 nitrogen and oxygen atoms in total. The number of carbonyl (C=O) groups excluding carboxylic acids is 3. The van der Waals surface area contributed by atoms with Crippen LogP contribution in [0.25, 0.3) is 0 Å². The molecule has 0 atom stereocenters. The fourth-order valence-corrected chi connectivity index (χ4v) is 5.67. The van der Waals surface area contributed by atoms with Gasteiger partial charge in [-0.25, -0.2) is 0 Å². The maximum atomic E-state index is 10.2. The van der Waals surface area contributed by atoms with Crippen LogP contribution in [0.2, 0.25) is 0 Å². The second-order valence-corrected chi connectivity index (χ2v) is 14.9. The summed E-state index contributed by atoms with van der Waals surface area (Å²) < 4.78 is 0. The Morgan fingerprint density at radius 1 is 0.279 bits per heavy atom. The van der Waals surface area contributed by atoms with E-state index in [0.717, 1.165) is 135 Å². The Balaban J connectivity index is -0.000000396. The summed E-state index contributed by atoms with van der Waals surface area (Å²) in [6.45, 7) is 6.44. The van der Waals surface area contributed by atoms with E-state index >= 15 is 0 Å². The fraction of sp³-hybridized carbons (Fsp3) is 0.611. The van der Waals surface area contributed by atoms with E-state index in [2.05, 4.69) is 130 Å². The quantitative estimate of drug-likeness (QED) is 0.0343. The predicted molar refractivity (Wildman–Crippen MR) is 259 cm³/mol. The number of carbonyl (C=O) groups is 3. The van der Waals surface area contributed by atoms with Crippen LogP contribution in [-0.2, 0) is 14.4 Å². The first-order chi connectivity index (χ1) is 29.3. The van der Waals surface area contributed by atoms with Crippen molar-refractivity contribution in [2.75, 3.05) is 0 Å². The van der Waals surface area contributed by atoms with Crippen LogP contribution >= 0.6 is 0 Å². The Morgan fingerprint density at radius 2 is 0.459 bits per heavy atom. The van der Waals surface area contributed by atoms with E-state index in [1.807, 2.05) is 0 Å². The van der Waals surface area contributed by atoms with Crippen molar-refractivity contribution in [1.82, 2.24) is 0 Å². The molecular weight excluding hydrogens is 954 g/mol. The van der Waals surface area contributed by atoms with Crippen molar-refractivity contribution in [3.05, 3.63) is 109 Å². The van der Waals surface area contributed by atoms with Gasteiger partial charge in [-0.3, -0.25) is 0 Å². The van der Waals surface area contributed by atoms with Crippen LogP contribution in [0.3, 0.4) is 0 Å². The summed E-state index contributed by atoms with van der Waals surface area (Å²) in [5, 5.41) is 30.6. The summed E-state index contributed by atoms with van der Waals surface area (Å²) in [5.41, 5.74) is 0. The van der Waals surface area contributed by atoms with Crippen LogP contribution in [0.5, 0.6) is 0 Å². The van der Waals surface area contributed by atoms with Gasteiger partial charge in [0.25, 0.3) is 0 Å². The van der Waals surface area contributed by atoms with Gasteiger partial charge in [-0.2, -0.15) is 0 Å². The van der Waals surface area contributed by atoms with Gasteiger partial charge in [-0.15, -0.1) is 0 Å². The molecule has 0 N–H and O–H groups in total. The maximum absolute atomic E-state index is 10.2. The number of hydrogen-bond donors (Lipinski definition) is 0. The van der Waals surface area contributed by atoms with Crippen LogP contribution in [0, 0.1) is 0 Å². The molecule has 344 valence electrons. The third-order valence-electron chi connectivity index (χ3n) is 9.10. The smallest absolute Gasteiger partial charge is 0.550 e. The molecule has 0 amide bonds. The molecular formula is C54H87BiO6. The molecule has 0 aliphatic rings. The summed E-state index contributed by atoms with van der Waals surface area (Å²) in [6, 6.07) is 0. The number of allylic oxidation sites excluding steroid dienone is 18. The van der Waals surface area contributed by atoms with E-state index < -0.39 is 17.9 Å². The Bertz CT molecular complexity index is 1060. The predicted octanol–water partition coefficient (Wildman–Crippen LogP) is 12.6. The Hall–Kier alpha value is -3.05. The average molecular weight is 1040 g/mol. The van der Waals surface area contributed by atoms with Crippen molar-refractivity contribution in [1.29, 1.82) is 0 Å². The standard InChI is InChI=1S/3C18H30O2.Bi/c3*1-2-3-4-5-6-7-8-9-10-11-12-13-14-15-16-17-18(19)20;/h3*3-4,6-7,9-10H,2,5,8,11-17H2,1H3,(H,19,20);/q;;;+3/p-3/b3*4-3-,7-6-,10-9-;. The molecule has 0 heterocycles. The second kappa shape index (κ2) is 61.3. The molecule has 0 aromatic heterocycles. The van der Waals surface area contributed by atoms with E-state index in [9.17, 15) is 29.7 Å². The Labute approximate surface area is 394 Å². The molecule has 0 unspecified atom stereocenters. The van der Waals surface area contributed by atoms with Gasteiger partial charge >= 0.3 is 26.2 Å². The zero-order valence-electron chi connectivity index (χ0n) is 39.0. The molecule has 2 radical (unpaired) electrons. The van der Waals surface area contributed by atoms with E-state index in [-0.39, 0.29) is 45.5 Å². The van der Waals surface area contributed by atoms with Gasteiger partial charge in [-0.05, 0) is 135 Å². The van der Waals surface area contributed by atoms with Crippen LogP contribution in [0.15, 0.2) is 109 Å². The molecule has 0 fully saturated rings. The largest absolute Gasteiger partial charge is 3.00 e. The monoisotopic (exact) mass is 1040 g/mol. The van der Waals surface area contributed by atoms with E-state index in [4.69, 9.17) is 0 Å². The van der Waals surface area contributed by atoms with Crippen molar-refractivity contribution in [2.24, 2.45) is 0 Å². The molecule has 0 aromatic carbocycles. The van der Waals surface area contributed by atoms with Gasteiger partial charge in [0, 0.05) is 17.9 Å². The van der Waals surface area contributed by atoms with Crippen molar-refractivity contribution in [2.45, 2.75) is 213 Å². The molecule has 0 saturated heterocycles. The summed E-state index contributed by atoms with van der Waals surface area (Å²) in [7, 11) is 0. The van der Waals surface area contributed by atoms with Crippen molar-refractivity contribution in [3.63, 3.8) is 0 Å². The van der Waals surface area contributed by atoms with Crippen LogP contribution in [-0.4, -0.2) is 44.1 Å². The SMILES string of the molecule is CC/C=C\C/C=C\C/C=C\CCCCCCCC(=O)[O-].CC/C=C\C/C=C\C/C=C\CCCCCCCC(=O)[O-].CC/C=C\C/C=C\C/C=C\CCCCCCCC(=O)[O-].[Bi+3]. The van der Waals surface area contributed by atoms with E-state index in [1.54, 1.807) is 0 Å². The van der Waals surface area contributed by atoms with E-state index in [1.165, 1.54) is 38.5 Å². The first-order valence-corrected chi connectivity index (χ1v) is 23.8. The van der Waals surface area contributed by atoms with Crippen molar-refractivity contribution < 1.29 is 29.7 Å². The zero-order chi connectivity index (χ0) is 44.7. The molecule has 61 heavy (non-hydrogen) atoms. The van der Waals surface area contributed by atoms with E-state index in [0.29, 0.717) is 0 Å². The van der Waals surface area contributed by atoms with Gasteiger partial charge < -0.3 is 29.7 Å². The summed E-state index contributed by atoms with van der Waals surface area (Å²) in [6.07, 6.45) is 69.1. The third kappa shape index (κ3) is 74.8. The first kappa shape index (κ1) is 64.6. The molecule has 0 saturated carbocycles. The van der Waals surface area contributed by atoms with Crippen LogP contribution in [0.1, 0.15) is 213 Å². The number of carboxylic acids is 3. The molecule has 0 spiro atoms. The molecule has 0 aliphatic carbocycles. The number of carboxylic acid groups (broad SMARTS) is 3. The minimum absolute atomic E-state index is 0. The van der Waals surface area contributed by atoms with Gasteiger partial charge in [0.2, 0.25) is 0 Å². The van der Waals surface area contributed by atoms with Crippen LogP contribution in [0.4, 0.5) is 0 Å². The molecule has 7 heteroatoms. The summed E-state index contributed by atoms with van der Waals surface area (Å²) in [5.74, 6) is -2.77. The van der Waals surface area contributed by atoms with Crippen molar-refractivity contribution >= 4 is 44.1 Å². The molecule has 0 rings (SSSR count). The normalized spacial score (nSPS) is 11.9. The van der Waals surface area contributed by atoms with Crippen LogP contribution < -0.4 is 15.3 Å². The van der Waals surface area contributed by atoms with Gasteiger partial charge in [0.15, 0.2) is 0 Å². The molecule has 0 aliphatic heterocycles. The van der Waals surface area contributed by atoms with Gasteiger partial charge in [-0.1, -0.05) is 188 Å². The van der Waals surface area contributed by atoms with Gasteiger partial charge in [0.1, 0.15) is 0 Å². The summed E-state index contributed by atoms with van der Waals surface area (Å²) >= 11 is 0.